The first-order valence-electron chi connectivity index (χ1n) is 5.20. The Morgan fingerprint density at radius 1 is 1.32 bits per heavy atom. The molecule has 0 fully saturated rings. The molecule has 0 bridgehead atoms. The van der Waals surface area contributed by atoms with Crippen LogP contribution in [0, 0.1) is 0 Å². The van der Waals surface area contributed by atoms with Crippen molar-refractivity contribution in [3.05, 3.63) is 29.8 Å². The summed E-state index contributed by atoms with van der Waals surface area (Å²) in [6, 6.07) is 4.19. The van der Waals surface area contributed by atoms with Crippen LogP contribution in [0.4, 0.5) is 18.9 Å². The number of carbonyl (C=O) groups is 1. The van der Waals surface area contributed by atoms with Gasteiger partial charge in [-0.05, 0) is 31.2 Å². The van der Waals surface area contributed by atoms with Crippen LogP contribution in [-0.4, -0.2) is 26.2 Å². The van der Waals surface area contributed by atoms with Gasteiger partial charge in [0, 0.05) is 10.9 Å². The zero-order valence-corrected chi connectivity index (χ0v) is 10.7. The number of halogens is 3. The van der Waals surface area contributed by atoms with Crippen LogP contribution in [0.3, 0.4) is 0 Å². The Morgan fingerprint density at radius 3 is 2.42 bits per heavy atom. The van der Waals surface area contributed by atoms with Crippen molar-refractivity contribution in [3.8, 4) is 0 Å². The lowest BCUT2D eigenvalue weighted by Gasteiger charge is -2.08. The molecule has 0 atom stereocenters. The molecule has 1 aliphatic rings. The molecule has 1 amide bonds. The van der Waals surface area contributed by atoms with Gasteiger partial charge in [-0.15, -0.1) is 0 Å². The number of oxime groups is 1. The second-order valence-electron chi connectivity index (χ2n) is 3.79. The highest BCUT2D eigenvalue weighted by Crippen LogP contribution is 2.29. The number of nitrogens with zero attached hydrogens (tertiary/aromatic N) is 1. The summed E-state index contributed by atoms with van der Waals surface area (Å²) in [7, 11) is 0.00993. The molecule has 0 spiro atoms. The standard InChI is InChI=1S/C11H8F3N2O2Si/c1-6-9(16-18-19-6)10(17)15-8-4-2-7(3-5-8)11(12,13)14/h2-5H,1H3,(H,15,17). The van der Waals surface area contributed by atoms with E-state index in [1.807, 2.05) is 0 Å². The largest absolute Gasteiger partial charge is 0.423 e. The summed E-state index contributed by atoms with van der Waals surface area (Å²) in [6.07, 6.45) is -4.39. The zero-order chi connectivity index (χ0) is 14.0. The number of alkyl halides is 3. The van der Waals surface area contributed by atoms with E-state index in [9.17, 15) is 18.0 Å². The van der Waals surface area contributed by atoms with E-state index in [1.54, 1.807) is 6.92 Å². The molecule has 0 aromatic heterocycles. The fraction of sp³-hybridized carbons (Fsp3) is 0.182. The highest BCUT2D eigenvalue weighted by Gasteiger charge is 2.30. The topological polar surface area (TPSA) is 50.7 Å². The average Bonchev–Trinajstić information content (AvgIpc) is 2.75. The molecule has 99 valence electrons. The first kappa shape index (κ1) is 13.5. The van der Waals surface area contributed by atoms with Gasteiger partial charge in [0.15, 0.2) is 5.71 Å². The van der Waals surface area contributed by atoms with Gasteiger partial charge >= 0.3 is 15.6 Å². The van der Waals surface area contributed by atoms with Gasteiger partial charge in [-0.1, -0.05) is 5.16 Å². The minimum absolute atomic E-state index is 0.00993. The van der Waals surface area contributed by atoms with E-state index in [4.69, 9.17) is 4.53 Å². The molecule has 0 saturated carbocycles. The molecule has 0 aliphatic carbocycles. The lowest BCUT2D eigenvalue weighted by molar-refractivity contribution is -0.137. The summed E-state index contributed by atoms with van der Waals surface area (Å²) in [5.74, 6) is -0.498. The molecular formula is C11H8F3N2O2Si. The van der Waals surface area contributed by atoms with Crippen molar-refractivity contribution in [2.45, 2.75) is 13.1 Å². The number of carbonyl (C=O) groups excluding carboxylic acids is 1. The predicted octanol–water partition coefficient (Wildman–Crippen LogP) is 1.84. The summed E-state index contributed by atoms with van der Waals surface area (Å²) in [6.45, 7) is 1.70. The van der Waals surface area contributed by atoms with Crippen LogP contribution >= 0.6 is 0 Å². The van der Waals surface area contributed by atoms with E-state index in [-0.39, 0.29) is 20.8 Å². The second-order valence-corrected chi connectivity index (χ2v) is 4.92. The van der Waals surface area contributed by atoms with Crippen LogP contribution in [0.2, 0.25) is 0 Å². The van der Waals surface area contributed by atoms with Crippen molar-refractivity contribution in [1.29, 1.82) is 0 Å². The molecule has 1 radical (unpaired) electrons. The lowest BCUT2D eigenvalue weighted by Crippen LogP contribution is -2.27. The monoisotopic (exact) mass is 285 g/mol. The molecule has 4 nitrogen and oxygen atoms in total. The predicted molar refractivity (Wildman–Crippen MR) is 65.0 cm³/mol. The van der Waals surface area contributed by atoms with E-state index in [0.717, 1.165) is 12.1 Å². The van der Waals surface area contributed by atoms with Crippen molar-refractivity contribution in [3.63, 3.8) is 0 Å². The van der Waals surface area contributed by atoms with Gasteiger partial charge in [-0.25, -0.2) is 0 Å². The number of rotatable bonds is 2. The fourth-order valence-corrected chi connectivity index (χ4v) is 1.93. The zero-order valence-electron chi connectivity index (χ0n) is 9.71. The smallest absolute Gasteiger partial charge is 0.416 e. The molecule has 1 aromatic rings. The summed E-state index contributed by atoms with van der Waals surface area (Å²) in [4.78, 5) is 11.7. The van der Waals surface area contributed by atoms with Crippen molar-refractivity contribution in [1.82, 2.24) is 0 Å². The van der Waals surface area contributed by atoms with Crippen LogP contribution in [0.1, 0.15) is 12.5 Å². The number of hydrogen-bond donors (Lipinski definition) is 1. The Labute approximate surface area is 108 Å². The number of benzene rings is 1. The molecule has 2 rings (SSSR count). The summed E-state index contributed by atoms with van der Waals surface area (Å²) in [5.41, 5.74) is -0.335. The second kappa shape index (κ2) is 4.96. The van der Waals surface area contributed by atoms with Crippen molar-refractivity contribution >= 4 is 31.9 Å². The van der Waals surface area contributed by atoms with E-state index in [1.165, 1.54) is 12.1 Å². The van der Waals surface area contributed by atoms with Crippen molar-refractivity contribution in [2.75, 3.05) is 5.32 Å². The average molecular weight is 285 g/mol. The molecule has 1 aromatic carbocycles. The Balaban J connectivity index is 2.08. The first-order chi connectivity index (χ1) is 8.88. The van der Waals surface area contributed by atoms with E-state index in [0.29, 0.717) is 5.17 Å². The summed E-state index contributed by atoms with van der Waals surface area (Å²) in [5, 5.41) is 6.73. The Kier molecular flexibility index (Phi) is 3.52. The maximum atomic E-state index is 12.4. The van der Waals surface area contributed by atoms with E-state index in [2.05, 4.69) is 10.5 Å². The van der Waals surface area contributed by atoms with Crippen LogP contribution in [0.15, 0.2) is 29.4 Å². The normalized spacial score (nSPS) is 14.5. The lowest BCUT2D eigenvalue weighted by atomic mass is 10.2. The van der Waals surface area contributed by atoms with Gasteiger partial charge in [0.25, 0.3) is 5.91 Å². The number of amides is 1. The molecule has 8 heteroatoms. The molecule has 0 unspecified atom stereocenters. The molecule has 0 saturated heterocycles. The fourth-order valence-electron chi connectivity index (χ4n) is 1.40. The number of nitrogens with one attached hydrogen (secondary N) is 1. The van der Waals surface area contributed by atoms with Gasteiger partial charge in [-0.2, -0.15) is 13.2 Å². The number of anilines is 1. The number of hydrogen-bond acceptors (Lipinski definition) is 3. The molecule has 1 aliphatic heterocycles. The maximum absolute atomic E-state index is 12.4. The highest BCUT2D eigenvalue weighted by atomic mass is 28.2. The minimum Gasteiger partial charge on any atom is -0.423 e. The molecule has 1 N–H and O–H groups in total. The Bertz CT molecular complexity index is 564. The minimum atomic E-state index is -4.39. The maximum Gasteiger partial charge on any atom is 0.416 e. The first-order valence-corrected chi connectivity index (χ1v) is 6.11. The van der Waals surface area contributed by atoms with Gasteiger partial charge in [0.1, 0.15) is 0 Å². The highest BCUT2D eigenvalue weighted by molar-refractivity contribution is 6.83. The SMILES string of the molecule is CC1=[Si]ON=C1C(=O)Nc1ccc(C(F)(F)F)cc1. The van der Waals surface area contributed by atoms with E-state index < -0.39 is 17.6 Å². The summed E-state index contributed by atoms with van der Waals surface area (Å²) < 4.78 is 41.8. The van der Waals surface area contributed by atoms with E-state index >= 15 is 0 Å². The Hall–Kier alpha value is -1.96. The van der Waals surface area contributed by atoms with Gasteiger partial charge in [-0.3, -0.25) is 4.79 Å². The van der Waals surface area contributed by atoms with Gasteiger partial charge < -0.3 is 9.84 Å². The van der Waals surface area contributed by atoms with Gasteiger partial charge in [0.2, 0.25) is 0 Å². The summed E-state index contributed by atoms with van der Waals surface area (Å²) >= 11 is 0. The van der Waals surface area contributed by atoms with Gasteiger partial charge in [0.05, 0.1) is 5.56 Å². The third-order valence-corrected chi connectivity index (χ3v) is 3.10. The van der Waals surface area contributed by atoms with Crippen LogP contribution < -0.4 is 5.32 Å². The third-order valence-electron chi connectivity index (χ3n) is 2.38. The van der Waals surface area contributed by atoms with Crippen molar-refractivity contribution < 1.29 is 22.5 Å². The van der Waals surface area contributed by atoms with Crippen molar-refractivity contribution in [2.24, 2.45) is 5.16 Å². The molecule has 1 heterocycles. The quantitative estimate of drug-likeness (QED) is 0.843. The van der Waals surface area contributed by atoms with Crippen LogP contribution in [0.25, 0.3) is 0 Å². The van der Waals surface area contributed by atoms with Crippen LogP contribution in [-0.2, 0) is 15.5 Å². The molecule has 19 heavy (non-hydrogen) atoms. The third kappa shape index (κ3) is 3.08. The Morgan fingerprint density at radius 2 is 1.95 bits per heavy atom. The van der Waals surface area contributed by atoms with Crippen LogP contribution in [0.5, 0.6) is 0 Å². The molecular weight excluding hydrogens is 277 g/mol.